The number of fused-ring (bicyclic) bond motifs is 1. The lowest BCUT2D eigenvalue weighted by molar-refractivity contribution is -0.283. The number of carbonyl (C=O) groups is 1. The highest BCUT2D eigenvalue weighted by atomic mass is 16.7. The smallest absolute Gasteiger partial charge is 0.203 e. The van der Waals surface area contributed by atoms with Crippen molar-refractivity contribution in [3.05, 3.63) is 47.5 Å². The number of aliphatic hydroxyl groups excluding tert-OH is 3. The van der Waals surface area contributed by atoms with Crippen LogP contribution in [0.25, 0.3) is 0 Å². The molecule has 0 saturated carbocycles. The number of ketones is 1. The zero-order valence-corrected chi connectivity index (χ0v) is 15.5. The monoisotopic (exact) mass is 420 g/mol. The van der Waals surface area contributed by atoms with Gasteiger partial charge in [0, 0.05) is 12.1 Å². The number of aliphatic hydroxyl groups is 3. The molecule has 2 heterocycles. The Hall–Kier alpha value is -2.89. The van der Waals surface area contributed by atoms with Gasteiger partial charge in [-0.2, -0.15) is 0 Å². The van der Waals surface area contributed by atoms with Crippen molar-refractivity contribution in [2.24, 2.45) is 0 Å². The molecule has 0 amide bonds. The van der Waals surface area contributed by atoms with Gasteiger partial charge in [0.15, 0.2) is 18.5 Å². The summed E-state index contributed by atoms with van der Waals surface area (Å²) < 4.78 is 16.7. The summed E-state index contributed by atoms with van der Waals surface area (Å²) in [6, 6.07) is 7.89. The summed E-state index contributed by atoms with van der Waals surface area (Å²) in [6.07, 6.45) is -8.48. The predicted molar refractivity (Wildman–Crippen MR) is 98.2 cm³/mol. The van der Waals surface area contributed by atoms with Crippen LogP contribution in [0.4, 0.5) is 0 Å². The first-order valence-corrected chi connectivity index (χ1v) is 9.13. The first kappa shape index (κ1) is 20.4. The summed E-state index contributed by atoms with van der Waals surface area (Å²) in [6.45, 7) is -0.329. The van der Waals surface area contributed by atoms with Crippen molar-refractivity contribution in [2.45, 2.75) is 36.8 Å². The van der Waals surface area contributed by atoms with Gasteiger partial charge in [-0.1, -0.05) is 12.1 Å². The van der Waals surface area contributed by atoms with E-state index in [1.54, 1.807) is 0 Å². The molecule has 1 saturated heterocycles. The number of phenolic OH excluding ortho intramolecular Hbond substituents is 3. The van der Waals surface area contributed by atoms with Crippen LogP contribution in [0.2, 0.25) is 0 Å². The highest BCUT2D eigenvalue weighted by molar-refractivity contribution is 6.05. The maximum Gasteiger partial charge on any atom is 0.203 e. The lowest BCUT2D eigenvalue weighted by Crippen LogP contribution is -2.56. The van der Waals surface area contributed by atoms with Gasteiger partial charge in [-0.05, 0) is 17.7 Å². The quantitative estimate of drug-likeness (QED) is 0.396. The van der Waals surface area contributed by atoms with Crippen LogP contribution in [0.5, 0.6) is 23.0 Å². The molecule has 10 heteroatoms. The fourth-order valence-electron chi connectivity index (χ4n) is 3.49. The highest BCUT2D eigenvalue weighted by Gasteiger charge is 2.46. The average Bonchev–Trinajstić information content (AvgIpc) is 2.70. The van der Waals surface area contributed by atoms with Gasteiger partial charge in [-0.25, -0.2) is 0 Å². The molecular weight excluding hydrogens is 400 g/mol. The molecule has 30 heavy (non-hydrogen) atoms. The minimum Gasteiger partial charge on any atom is -0.508 e. The first-order valence-electron chi connectivity index (χ1n) is 9.13. The molecule has 4 rings (SSSR count). The Balaban J connectivity index is 1.72. The molecular formula is C20H20O10. The second kappa shape index (κ2) is 7.74. The van der Waals surface area contributed by atoms with Crippen LogP contribution in [0.3, 0.4) is 0 Å². The zero-order chi connectivity index (χ0) is 21.6. The van der Waals surface area contributed by atoms with E-state index in [9.17, 15) is 35.4 Å². The topological polar surface area (TPSA) is 166 Å². The molecule has 10 nitrogen and oxygen atoms in total. The zero-order valence-electron chi connectivity index (χ0n) is 15.5. The third-order valence-corrected chi connectivity index (χ3v) is 5.06. The van der Waals surface area contributed by atoms with Crippen LogP contribution in [-0.2, 0) is 9.47 Å². The Bertz CT molecular complexity index is 943. The third-order valence-electron chi connectivity index (χ3n) is 5.06. The van der Waals surface area contributed by atoms with Gasteiger partial charge in [0.2, 0.25) is 5.78 Å². The molecule has 0 spiro atoms. The number of carbonyl (C=O) groups excluding carboxylic acids is 1. The summed E-state index contributed by atoms with van der Waals surface area (Å²) in [5.41, 5.74) is 0.198. The van der Waals surface area contributed by atoms with Crippen molar-refractivity contribution in [1.82, 2.24) is 0 Å². The van der Waals surface area contributed by atoms with E-state index in [0.717, 1.165) is 6.07 Å². The van der Waals surface area contributed by atoms with E-state index in [1.807, 2.05) is 0 Å². The Labute approximate surface area is 170 Å². The van der Waals surface area contributed by atoms with Gasteiger partial charge in [0.25, 0.3) is 0 Å². The van der Waals surface area contributed by atoms with E-state index in [0.29, 0.717) is 5.56 Å². The second-order valence-electron chi connectivity index (χ2n) is 7.14. The number of hydrogen-bond acceptors (Lipinski definition) is 10. The van der Waals surface area contributed by atoms with E-state index < -0.39 is 48.3 Å². The summed E-state index contributed by atoms with van der Waals surface area (Å²) in [7, 11) is 0. The van der Waals surface area contributed by atoms with Crippen LogP contribution in [0.15, 0.2) is 36.4 Å². The normalized spacial score (nSPS) is 31.1. The van der Waals surface area contributed by atoms with E-state index in [-0.39, 0.29) is 29.4 Å². The number of Topliss-reactive ketones (excluding diaryl/α,β-unsaturated/α-hetero) is 1. The molecule has 2 aliphatic heterocycles. The lowest BCUT2D eigenvalue weighted by atomic mass is 9.92. The number of aromatic hydroxyl groups is 3. The van der Waals surface area contributed by atoms with Gasteiger partial charge in [-0.15, -0.1) is 0 Å². The van der Waals surface area contributed by atoms with Gasteiger partial charge in [-0.3, -0.25) is 4.79 Å². The largest absolute Gasteiger partial charge is 0.508 e. The second-order valence-corrected chi connectivity index (χ2v) is 7.14. The molecule has 1 fully saturated rings. The number of hydrogen-bond donors (Lipinski definition) is 6. The van der Waals surface area contributed by atoms with Crippen molar-refractivity contribution in [2.75, 3.05) is 6.61 Å². The number of phenols is 3. The summed E-state index contributed by atoms with van der Waals surface area (Å²) in [5.74, 6) is -1.63. The molecule has 160 valence electrons. The molecule has 6 N–H and O–H groups in total. The Morgan fingerprint density at radius 2 is 1.63 bits per heavy atom. The minimum absolute atomic E-state index is 0.0165. The fraction of sp³-hybridized carbons (Fsp3) is 0.350. The minimum atomic E-state index is -1.64. The molecule has 0 radical (unpaired) electrons. The van der Waals surface area contributed by atoms with Crippen LogP contribution < -0.4 is 4.74 Å². The summed E-state index contributed by atoms with van der Waals surface area (Å²) in [4.78, 5) is 13.2. The molecule has 2 aromatic rings. The lowest BCUT2D eigenvalue weighted by Gasteiger charge is -2.39. The molecule has 0 aromatic heterocycles. The van der Waals surface area contributed by atoms with Crippen LogP contribution in [0.1, 0.15) is 22.0 Å². The van der Waals surface area contributed by atoms with Crippen LogP contribution in [-0.4, -0.2) is 73.7 Å². The molecule has 0 bridgehead atoms. The van der Waals surface area contributed by atoms with Crippen LogP contribution in [0, 0.1) is 0 Å². The molecule has 2 aromatic carbocycles. The number of benzene rings is 2. The van der Waals surface area contributed by atoms with Crippen molar-refractivity contribution in [3.63, 3.8) is 0 Å². The highest BCUT2D eigenvalue weighted by Crippen LogP contribution is 2.43. The SMILES string of the molecule is O=C1c2c(O)cc(O)cc2OC(c2ccc(O)cc2)C1O[C@@H]1OC[C@H](O)[C@H](O)[C@H]1O. The number of ether oxygens (including phenoxy) is 3. The predicted octanol–water partition coefficient (Wildman–Crippen LogP) is -0.0560. The Morgan fingerprint density at radius 3 is 2.33 bits per heavy atom. The van der Waals surface area contributed by atoms with Crippen molar-refractivity contribution in [3.8, 4) is 23.0 Å². The standard InChI is InChI=1S/C20H20O10/c21-9-3-1-8(2-4-9)18-19(30-20-17(27)15(25)12(24)7-28-20)16(26)14-11(23)5-10(22)6-13(14)29-18/h1-6,12,15,17-25,27H,7H2/t12-,15-,17+,18?,19?,20-/m0/s1. The van der Waals surface area contributed by atoms with Gasteiger partial charge in [0.1, 0.15) is 46.9 Å². The van der Waals surface area contributed by atoms with Crippen molar-refractivity contribution >= 4 is 5.78 Å². The molecule has 6 atom stereocenters. The number of rotatable bonds is 3. The molecule has 2 unspecified atom stereocenters. The van der Waals surface area contributed by atoms with Crippen molar-refractivity contribution < 1.29 is 49.6 Å². The maximum absolute atomic E-state index is 13.2. The Kier molecular flexibility index (Phi) is 5.26. The maximum atomic E-state index is 13.2. The fourth-order valence-corrected chi connectivity index (χ4v) is 3.49. The average molecular weight is 420 g/mol. The van der Waals surface area contributed by atoms with E-state index >= 15 is 0 Å². The van der Waals surface area contributed by atoms with E-state index in [2.05, 4.69) is 0 Å². The van der Waals surface area contributed by atoms with E-state index in [4.69, 9.17) is 14.2 Å². The summed E-state index contributed by atoms with van der Waals surface area (Å²) in [5, 5.41) is 59.1. The van der Waals surface area contributed by atoms with E-state index in [1.165, 1.54) is 30.3 Å². The van der Waals surface area contributed by atoms with Crippen molar-refractivity contribution in [1.29, 1.82) is 0 Å². The first-order chi connectivity index (χ1) is 14.3. The molecule has 2 aliphatic rings. The third kappa shape index (κ3) is 3.55. The Morgan fingerprint density at radius 1 is 0.933 bits per heavy atom. The van der Waals surface area contributed by atoms with Gasteiger partial charge in [0.05, 0.1) is 6.61 Å². The summed E-state index contributed by atoms with van der Waals surface area (Å²) >= 11 is 0. The van der Waals surface area contributed by atoms with Crippen LogP contribution >= 0.6 is 0 Å². The van der Waals surface area contributed by atoms with Gasteiger partial charge >= 0.3 is 0 Å². The van der Waals surface area contributed by atoms with Gasteiger partial charge < -0.3 is 44.8 Å². The molecule has 0 aliphatic carbocycles.